The van der Waals surface area contributed by atoms with Crippen molar-refractivity contribution in [3.05, 3.63) is 58.5 Å². The maximum Gasteiger partial charge on any atom is 0.266 e. The number of hydrogen-bond acceptors (Lipinski definition) is 6. The molecule has 7 heteroatoms. The monoisotopic (exact) mass is 417 g/mol. The van der Waals surface area contributed by atoms with Gasteiger partial charge in [-0.15, -0.1) is 0 Å². The number of thiocarbonyl (C=S) groups is 1. The van der Waals surface area contributed by atoms with Crippen LogP contribution in [0.15, 0.2) is 63.4 Å². The zero-order valence-corrected chi connectivity index (χ0v) is 18.2. The van der Waals surface area contributed by atoms with Gasteiger partial charge in [0.25, 0.3) is 5.91 Å². The van der Waals surface area contributed by atoms with Gasteiger partial charge in [0.05, 0.1) is 15.6 Å². The second kappa shape index (κ2) is 9.10. The van der Waals surface area contributed by atoms with Gasteiger partial charge in [0.1, 0.15) is 4.32 Å². The summed E-state index contributed by atoms with van der Waals surface area (Å²) in [6.45, 7) is 4.50. The lowest BCUT2D eigenvalue weighted by molar-refractivity contribution is -0.122. The fourth-order valence-corrected chi connectivity index (χ4v) is 5.19. The van der Waals surface area contributed by atoms with Gasteiger partial charge in [-0.1, -0.05) is 60.0 Å². The molecule has 0 saturated carbocycles. The molecular weight excluding hydrogens is 394 g/mol. The number of nitrogens with zero attached hydrogens (tertiary/aromatic N) is 3. The van der Waals surface area contributed by atoms with Gasteiger partial charge in [-0.25, -0.2) is 0 Å². The van der Waals surface area contributed by atoms with Gasteiger partial charge < -0.3 is 9.80 Å². The van der Waals surface area contributed by atoms with E-state index in [2.05, 4.69) is 42.2 Å². The molecule has 0 aliphatic carbocycles. The van der Waals surface area contributed by atoms with Crippen molar-refractivity contribution in [1.82, 2.24) is 9.80 Å². The molecule has 1 aromatic carbocycles. The minimum absolute atomic E-state index is 0.00184. The molecule has 27 heavy (non-hydrogen) atoms. The van der Waals surface area contributed by atoms with Crippen LogP contribution in [0.25, 0.3) is 0 Å². The van der Waals surface area contributed by atoms with Crippen molar-refractivity contribution in [3.8, 4) is 0 Å². The van der Waals surface area contributed by atoms with Gasteiger partial charge >= 0.3 is 0 Å². The SMILES string of the molecule is CCN1C(=CC=CC=C2SC(=S)N(CCN(C)C)C2=O)Sc2ccccc21. The van der Waals surface area contributed by atoms with Gasteiger partial charge in [0.2, 0.25) is 0 Å². The van der Waals surface area contributed by atoms with Crippen molar-refractivity contribution < 1.29 is 4.79 Å². The molecule has 1 aromatic rings. The first-order valence-electron chi connectivity index (χ1n) is 8.82. The predicted octanol–water partition coefficient (Wildman–Crippen LogP) is 4.32. The van der Waals surface area contributed by atoms with Crippen molar-refractivity contribution in [2.75, 3.05) is 38.6 Å². The molecule has 1 saturated heterocycles. The highest BCUT2D eigenvalue weighted by atomic mass is 32.2. The Hall–Kier alpha value is -1.54. The van der Waals surface area contributed by atoms with E-state index in [0.29, 0.717) is 15.8 Å². The van der Waals surface area contributed by atoms with E-state index >= 15 is 0 Å². The number of amides is 1. The van der Waals surface area contributed by atoms with Crippen LogP contribution in [-0.2, 0) is 4.79 Å². The summed E-state index contributed by atoms with van der Waals surface area (Å²) >= 11 is 8.49. The molecule has 0 N–H and O–H groups in total. The fourth-order valence-electron chi connectivity index (χ4n) is 2.79. The van der Waals surface area contributed by atoms with Crippen LogP contribution in [0.2, 0.25) is 0 Å². The standard InChI is InChI=1S/C20H23N3OS3/c1-4-22-15-9-5-6-10-16(15)26-18(22)12-8-7-11-17-19(24)23(20(25)27-17)14-13-21(2)3/h5-12H,4,13-14H2,1-3H3. The van der Waals surface area contributed by atoms with Gasteiger partial charge in [0, 0.05) is 24.5 Å². The minimum Gasteiger partial charge on any atom is -0.335 e. The summed E-state index contributed by atoms with van der Waals surface area (Å²) in [7, 11) is 3.98. The fraction of sp³-hybridized carbons (Fsp3) is 0.300. The average Bonchev–Trinajstić information content (AvgIpc) is 3.13. The van der Waals surface area contributed by atoms with E-state index in [1.54, 1.807) is 16.7 Å². The number of fused-ring (bicyclic) bond motifs is 1. The van der Waals surface area contributed by atoms with Gasteiger partial charge in [0.15, 0.2) is 0 Å². The van der Waals surface area contributed by atoms with E-state index in [9.17, 15) is 4.79 Å². The summed E-state index contributed by atoms with van der Waals surface area (Å²) in [6.07, 6.45) is 7.86. The number of para-hydroxylation sites is 1. The third kappa shape index (κ3) is 4.66. The number of rotatable bonds is 6. The van der Waals surface area contributed by atoms with Crippen molar-refractivity contribution in [2.24, 2.45) is 0 Å². The quantitative estimate of drug-likeness (QED) is 0.505. The van der Waals surface area contributed by atoms with E-state index in [4.69, 9.17) is 12.2 Å². The molecule has 0 atom stereocenters. The summed E-state index contributed by atoms with van der Waals surface area (Å²) in [6, 6.07) is 8.43. The highest BCUT2D eigenvalue weighted by Gasteiger charge is 2.31. The summed E-state index contributed by atoms with van der Waals surface area (Å²) < 4.78 is 0.638. The molecule has 0 radical (unpaired) electrons. The number of carbonyl (C=O) groups excluding carboxylic acids is 1. The Labute approximate surface area is 175 Å². The lowest BCUT2D eigenvalue weighted by Crippen LogP contribution is -2.34. The van der Waals surface area contributed by atoms with E-state index in [0.717, 1.165) is 13.1 Å². The number of likely N-dealkylation sites (N-methyl/N-ethyl adjacent to an activating group) is 1. The van der Waals surface area contributed by atoms with Crippen LogP contribution in [0.5, 0.6) is 0 Å². The number of thioether (sulfide) groups is 2. The second-order valence-electron chi connectivity index (χ2n) is 6.36. The molecule has 2 aliphatic heterocycles. The third-order valence-corrected chi connectivity index (χ3v) is 6.72. The van der Waals surface area contributed by atoms with Crippen LogP contribution >= 0.6 is 35.7 Å². The van der Waals surface area contributed by atoms with Crippen LogP contribution < -0.4 is 4.90 Å². The average molecular weight is 418 g/mol. The van der Waals surface area contributed by atoms with E-state index < -0.39 is 0 Å². The normalized spacial score (nSPS) is 20.1. The first-order valence-corrected chi connectivity index (χ1v) is 10.9. The highest BCUT2D eigenvalue weighted by molar-refractivity contribution is 8.26. The number of carbonyl (C=O) groups is 1. The Kier molecular flexibility index (Phi) is 6.81. The van der Waals surface area contributed by atoms with Crippen molar-refractivity contribution in [1.29, 1.82) is 0 Å². The molecule has 1 fully saturated rings. The number of hydrogen-bond donors (Lipinski definition) is 0. The predicted molar refractivity (Wildman–Crippen MR) is 121 cm³/mol. The molecule has 0 spiro atoms. The van der Waals surface area contributed by atoms with Crippen LogP contribution in [0.3, 0.4) is 0 Å². The van der Waals surface area contributed by atoms with Gasteiger partial charge in [-0.05, 0) is 45.3 Å². The van der Waals surface area contributed by atoms with E-state index in [1.807, 2.05) is 37.2 Å². The molecule has 2 heterocycles. The lowest BCUT2D eigenvalue weighted by Gasteiger charge is -2.17. The summed E-state index contributed by atoms with van der Waals surface area (Å²) in [5.74, 6) is 0.00184. The van der Waals surface area contributed by atoms with Crippen LogP contribution in [0.4, 0.5) is 5.69 Å². The molecule has 3 rings (SSSR count). The zero-order valence-electron chi connectivity index (χ0n) is 15.7. The maximum absolute atomic E-state index is 12.5. The molecule has 142 valence electrons. The lowest BCUT2D eigenvalue weighted by atomic mass is 10.3. The van der Waals surface area contributed by atoms with Crippen molar-refractivity contribution in [3.63, 3.8) is 0 Å². The van der Waals surface area contributed by atoms with Crippen molar-refractivity contribution >= 4 is 51.7 Å². The van der Waals surface area contributed by atoms with Gasteiger partial charge in [-0.3, -0.25) is 9.69 Å². The molecule has 0 unspecified atom stereocenters. The van der Waals surface area contributed by atoms with Crippen LogP contribution in [0.1, 0.15) is 6.92 Å². The molecule has 1 amide bonds. The first kappa shape index (κ1) is 20.2. The number of benzene rings is 1. The molecule has 0 aromatic heterocycles. The minimum atomic E-state index is 0.00184. The Morgan fingerprint density at radius 1 is 1.11 bits per heavy atom. The molecular formula is C20H23N3OS3. The first-order chi connectivity index (χ1) is 13.0. The Morgan fingerprint density at radius 3 is 2.59 bits per heavy atom. The Morgan fingerprint density at radius 2 is 1.85 bits per heavy atom. The second-order valence-corrected chi connectivity index (χ2v) is 9.10. The van der Waals surface area contributed by atoms with Crippen LogP contribution in [-0.4, -0.2) is 53.8 Å². The smallest absolute Gasteiger partial charge is 0.266 e. The number of allylic oxidation sites excluding steroid dienone is 4. The molecule has 0 bridgehead atoms. The molecule has 4 nitrogen and oxygen atoms in total. The van der Waals surface area contributed by atoms with Crippen LogP contribution in [0, 0.1) is 0 Å². The van der Waals surface area contributed by atoms with Gasteiger partial charge in [-0.2, -0.15) is 0 Å². The summed E-state index contributed by atoms with van der Waals surface area (Å²) in [5.41, 5.74) is 1.26. The summed E-state index contributed by atoms with van der Waals surface area (Å²) in [5, 5.41) is 1.20. The highest BCUT2D eigenvalue weighted by Crippen LogP contribution is 2.45. The Bertz CT molecular complexity index is 830. The largest absolute Gasteiger partial charge is 0.335 e. The topological polar surface area (TPSA) is 26.8 Å². The maximum atomic E-state index is 12.5. The van der Waals surface area contributed by atoms with Crippen molar-refractivity contribution in [2.45, 2.75) is 11.8 Å². The third-order valence-electron chi connectivity index (χ3n) is 4.19. The zero-order chi connectivity index (χ0) is 19.4. The number of anilines is 1. The van der Waals surface area contributed by atoms with E-state index in [-0.39, 0.29) is 5.91 Å². The van der Waals surface area contributed by atoms with E-state index in [1.165, 1.54) is 27.4 Å². The summed E-state index contributed by atoms with van der Waals surface area (Å²) in [4.78, 5) is 20.5. The Balaban J connectivity index is 1.66. The molecule has 2 aliphatic rings.